The Hall–Kier alpha value is -3.32. The largest absolute Gasteiger partial charge is 0.455 e. The zero-order valence-electron chi connectivity index (χ0n) is 29.0. The zero-order chi connectivity index (χ0) is 33.7. The van der Waals surface area contributed by atoms with Crippen molar-refractivity contribution < 1.29 is 18.4 Å². The van der Waals surface area contributed by atoms with Crippen LogP contribution in [0.2, 0.25) is 0 Å². The number of halogens is 1. The molecule has 0 unspecified atom stereocenters. The highest BCUT2D eigenvalue weighted by molar-refractivity contribution is 9.10. The van der Waals surface area contributed by atoms with Gasteiger partial charge < -0.3 is 18.6 Å². The summed E-state index contributed by atoms with van der Waals surface area (Å²) in [5.74, 6) is 1.71. The minimum atomic E-state index is -0.146. The van der Waals surface area contributed by atoms with Crippen LogP contribution in [0, 0.1) is 5.92 Å². The molecular formula is C41H53BrN2O4. The van der Waals surface area contributed by atoms with Crippen molar-refractivity contribution in [3.63, 3.8) is 0 Å². The van der Waals surface area contributed by atoms with Gasteiger partial charge >= 0.3 is 0 Å². The highest BCUT2D eigenvalue weighted by Gasteiger charge is 2.50. The monoisotopic (exact) mass is 716 g/mol. The Kier molecular flexibility index (Phi) is 13.8. The third kappa shape index (κ3) is 9.02. The smallest absolute Gasteiger partial charge is 0.261 e. The fourth-order valence-corrected chi connectivity index (χ4v) is 7.24. The van der Waals surface area contributed by atoms with Crippen LogP contribution in [0.15, 0.2) is 79.3 Å². The average molecular weight is 718 g/mol. The summed E-state index contributed by atoms with van der Waals surface area (Å²) in [6, 6.07) is 7.49. The molecule has 2 aliphatic heterocycles. The zero-order valence-corrected chi connectivity index (χ0v) is 30.6. The molecule has 0 bridgehead atoms. The van der Waals surface area contributed by atoms with E-state index in [1.807, 2.05) is 42.5 Å². The molecule has 1 aliphatic carbocycles. The van der Waals surface area contributed by atoms with E-state index in [4.69, 9.17) is 8.83 Å². The molecule has 0 spiro atoms. The Balaban J connectivity index is 1.40. The average Bonchev–Trinajstić information content (AvgIpc) is 3.92. The molecule has 0 N–H and O–H groups in total. The van der Waals surface area contributed by atoms with E-state index in [0.717, 1.165) is 38.5 Å². The van der Waals surface area contributed by atoms with Crippen molar-refractivity contribution in [2.75, 3.05) is 13.1 Å². The van der Waals surface area contributed by atoms with Crippen LogP contribution >= 0.6 is 15.9 Å². The summed E-state index contributed by atoms with van der Waals surface area (Å²) in [6.07, 6.45) is 31.1. The van der Waals surface area contributed by atoms with Gasteiger partial charge in [-0.3, -0.25) is 9.59 Å². The maximum atomic E-state index is 14.4. The number of nitrogens with zero attached hydrogens (tertiary/aromatic N) is 2. The van der Waals surface area contributed by atoms with E-state index in [-0.39, 0.29) is 17.7 Å². The van der Waals surface area contributed by atoms with Gasteiger partial charge in [0, 0.05) is 19.0 Å². The van der Waals surface area contributed by atoms with Gasteiger partial charge in [-0.05, 0) is 59.1 Å². The van der Waals surface area contributed by atoms with Crippen LogP contribution in [0.25, 0.3) is 17.5 Å². The van der Waals surface area contributed by atoms with Crippen molar-refractivity contribution in [1.82, 2.24) is 9.80 Å². The van der Waals surface area contributed by atoms with Crippen LogP contribution in [0.1, 0.15) is 134 Å². The minimum Gasteiger partial charge on any atom is -0.455 e. The third-order valence-corrected chi connectivity index (χ3v) is 10.0. The molecule has 7 heteroatoms. The van der Waals surface area contributed by atoms with E-state index in [2.05, 4.69) is 48.0 Å². The summed E-state index contributed by atoms with van der Waals surface area (Å²) >= 11 is 3.44. The normalized spacial score (nSPS) is 16.4. The van der Waals surface area contributed by atoms with Crippen LogP contribution in [-0.4, -0.2) is 34.7 Å². The number of hydrogen-bond donors (Lipinski definition) is 0. The van der Waals surface area contributed by atoms with E-state index in [9.17, 15) is 9.59 Å². The van der Waals surface area contributed by atoms with Gasteiger partial charge in [-0.25, -0.2) is 0 Å². The topological polar surface area (TPSA) is 66.9 Å². The molecule has 0 saturated carbocycles. The Morgan fingerprint density at radius 1 is 0.625 bits per heavy atom. The van der Waals surface area contributed by atoms with Crippen LogP contribution in [0.3, 0.4) is 0 Å². The molecule has 0 atom stereocenters. The lowest BCUT2D eigenvalue weighted by Gasteiger charge is -2.23. The molecule has 0 radical (unpaired) electrons. The van der Waals surface area contributed by atoms with E-state index in [0.29, 0.717) is 57.6 Å². The number of rotatable bonds is 22. The van der Waals surface area contributed by atoms with Gasteiger partial charge in [0.1, 0.15) is 17.2 Å². The van der Waals surface area contributed by atoms with Crippen molar-refractivity contribution in [3.8, 4) is 0 Å². The molecule has 0 fully saturated rings. The minimum absolute atomic E-state index is 0.146. The van der Waals surface area contributed by atoms with Crippen molar-refractivity contribution in [2.24, 2.45) is 5.92 Å². The van der Waals surface area contributed by atoms with Gasteiger partial charge in [-0.2, -0.15) is 0 Å². The SMILES string of the molecule is CCCCCCCCCCN1C(=O)C2=C(c3ccc(/C=C/C4C=CC=C4)o3)N(CCCCCCCCCC)C(=O)C2=C1c1ccc(Br)o1. The number of carbonyl (C=O) groups is 2. The fourth-order valence-electron chi connectivity index (χ4n) is 6.94. The number of carbonyl (C=O) groups excluding carboxylic acids is 2. The highest BCUT2D eigenvalue weighted by atomic mass is 79.9. The number of unbranched alkanes of at least 4 members (excludes halogenated alkanes) is 14. The molecule has 258 valence electrons. The lowest BCUT2D eigenvalue weighted by Crippen LogP contribution is -2.31. The van der Waals surface area contributed by atoms with E-state index < -0.39 is 0 Å². The van der Waals surface area contributed by atoms with E-state index >= 15 is 0 Å². The van der Waals surface area contributed by atoms with Gasteiger partial charge in [-0.1, -0.05) is 134 Å². The first-order valence-corrected chi connectivity index (χ1v) is 19.3. The van der Waals surface area contributed by atoms with Crippen molar-refractivity contribution >= 4 is 45.2 Å². The molecule has 0 saturated heterocycles. The Bertz CT molecular complexity index is 1520. The summed E-state index contributed by atoms with van der Waals surface area (Å²) in [5.41, 5.74) is 2.04. The van der Waals surface area contributed by atoms with Gasteiger partial charge in [0.15, 0.2) is 16.2 Å². The molecule has 2 amide bonds. The number of amides is 2. The maximum absolute atomic E-state index is 14.4. The van der Waals surface area contributed by atoms with Crippen LogP contribution < -0.4 is 0 Å². The molecule has 2 aromatic heterocycles. The third-order valence-electron chi connectivity index (χ3n) is 9.58. The second-order valence-electron chi connectivity index (χ2n) is 13.3. The first kappa shape index (κ1) is 36.0. The number of fused-ring (bicyclic) bond motifs is 1. The number of allylic oxidation sites excluding steroid dienone is 5. The van der Waals surface area contributed by atoms with Gasteiger partial charge in [0.05, 0.1) is 11.1 Å². The van der Waals surface area contributed by atoms with Crippen molar-refractivity contribution in [2.45, 2.75) is 117 Å². The summed E-state index contributed by atoms with van der Waals surface area (Å²) in [5, 5.41) is 0. The lowest BCUT2D eigenvalue weighted by atomic mass is 10.1. The van der Waals surface area contributed by atoms with E-state index in [1.165, 1.54) is 64.2 Å². The first-order chi connectivity index (χ1) is 23.5. The fraction of sp³-hybridized carbons (Fsp3) is 0.512. The number of hydrogen-bond acceptors (Lipinski definition) is 4. The van der Waals surface area contributed by atoms with Crippen LogP contribution in [0.4, 0.5) is 0 Å². The molecule has 6 nitrogen and oxygen atoms in total. The lowest BCUT2D eigenvalue weighted by molar-refractivity contribution is -0.124. The molecule has 4 heterocycles. The van der Waals surface area contributed by atoms with Crippen LogP contribution in [0.5, 0.6) is 0 Å². The molecule has 0 aromatic carbocycles. The van der Waals surface area contributed by atoms with Gasteiger partial charge in [-0.15, -0.1) is 0 Å². The summed E-state index contributed by atoms with van der Waals surface area (Å²) in [7, 11) is 0. The summed E-state index contributed by atoms with van der Waals surface area (Å²) in [6.45, 7) is 5.56. The Morgan fingerprint density at radius 2 is 1.08 bits per heavy atom. The summed E-state index contributed by atoms with van der Waals surface area (Å²) in [4.78, 5) is 32.4. The molecule has 2 aromatic rings. The molecular weight excluding hydrogens is 664 g/mol. The predicted molar refractivity (Wildman–Crippen MR) is 198 cm³/mol. The van der Waals surface area contributed by atoms with Gasteiger partial charge in [0.2, 0.25) is 0 Å². The Morgan fingerprint density at radius 3 is 1.56 bits per heavy atom. The molecule has 48 heavy (non-hydrogen) atoms. The molecule has 5 rings (SSSR count). The van der Waals surface area contributed by atoms with Crippen LogP contribution in [-0.2, 0) is 9.59 Å². The van der Waals surface area contributed by atoms with Crippen molar-refractivity contribution in [1.29, 1.82) is 0 Å². The van der Waals surface area contributed by atoms with Gasteiger partial charge in [0.25, 0.3) is 11.8 Å². The molecule has 3 aliphatic rings. The first-order valence-electron chi connectivity index (χ1n) is 18.5. The Labute approximate surface area is 295 Å². The second kappa shape index (κ2) is 18.4. The second-order valence-corrected chi connectivity index (χ2v) is 14.1. The highest BCUT2D eigenvalue weighted by Crippen LogP contribution is 2.47. The standard InChI is InChI=1S/C41H53BrN2O4/c1-3-5-7-9-11-13-15-19-29-43-38(33-26-25-32(47-33)24-23-31-21-17-18-22-31)36-37(41(43)46)39(34-27-28-35(42)48-34)44(40(36)45)30-20-16-14-12-10-8-6-4-2/h17-18,21-28,31H,3-16,19-20,29-30H2,1-2H3/b24-23+. The number of furan rings is 2. The predicted octanol–water partition coefficient (Wildman–Crippen LogP) is 11.5. The maximum Gasteiger partial charge on any atom is 0.261 e. The quantitative estimate of drug-likeness (QED) is 0.114. The van der Waals surface area contributed by atoms with Crippen molar-refractivity contribution in [3.05, 3.63) is 87.7 Å². The summed E-state index contributed by atoms with van der Waals surface area (Å²) < 4.78 is 13.0. The van der Waals surface area contributed by atoms with E-state index in [1.54, 1.807) is 9.80 Å².